The molecule has 1 aromatic rings. The lowest BCUT2D eigenvalue weighted by molar-refractivity contribution is 0.354. The summed E-state index contributed by atoms with van der Waals surface area (Å²) >= 11 is 0. The second-order valence-electron chi connectivity index (χ2n) is 6.43. The van der Waals surface area contributed by atoms with Crippen molar-refractivity contribution in [3.8, 4) is 11.5 Å². The van der Waals surface area contributed by atoms with Crippen molar-refractivity contribution >= 4 is 0 Å². The SMILES string of the molecule is CCCC1(CNC(C)Cc2ccc(OC)c(OC)c2)CC1. The van der Waals surface area contributed by atoms with Gasteiger partial charge in [-0.3, -0.25) is 0 Å². The van der Waals surface area contributed by atoms with E-state index in [1.54, 1.807) is 14.2 Å². The van der Waals surface area contributed by atoms with Crippen LogP contribution in [-0.2, 0) is 6.42 Å². The average Bonchev–Trinajstić information content (AvgIpc) is 3.25. The first-order chi connectivity index (χ1) is 10.1. The summed E-state index contributed by atoms with van der Waals surface area (Å²) in [4.78, 5) is 0. The highest BCUT2D eigenvalue weighted by atomic mass is 16.5. The van der Waals surface area contributed by atoms with Crippen LogP contribution < -0.4 is 14.8 Å². The Morgan fingerprint density at radius 2 is 1.90 bits per heavy atom. The lowest BCUT2D eigenvalue weighted by Crippen LogP contribution is -2.33. The van der Waals surface area contributed by atoms with Crippen molar-refractivity contribution < 1.29 is 9.47 Å². The monoisotopic (exact) mass is 291 g/mol. The first-order valence-corrected chi connectivity index (χ1v) is 8.07. The van der Waals surface area contributed by atoms with Gasteiger partial charge in [-0.15, -0.1) is 0 Å². The Hall–Kier alpha value is -1.22. The van der Waals surface area contributed by atoms with Crippen molar-refractivity contribution in [2.75, 3.05) is 20.8 Å². The topological polar surface area (TPSA) is 30.5 Å². The Morgan fingerprint density at radius 3 is 2.48 bits per heavy atom. The zero-order valence-corrected chi connectivity index (χ0v) is 13.9. The molecule has 0 radical (unpaired) electrons. The molecule has 0 aromatic heterocycles. The molecule has 0 aliphatic heterocycles. The van der Waals surface area contributed by atoms with Crippen molar-refractivity contribution in [1.29, 1.82) is 0 Å². The van der Waals surface area contributed by atoms with Gasteiger partial charge in [-0.1, -0.05) is 19.4 Å². The standard InChI is InChI=1S/C18H29NO2/c1-5-8-18(9-10-18)13-19-14(2)11-15-6-7-16(20-3)17(12-15)21-4/h6-7,12,14,19H,5,8-11,13H2,1-4H3. The molecular formula is C18H29NO2. The van der Waals surface area contributed by atoms with Gasteiger partial charge in [-0.2, -0.15) is 0 Å². The van der Waals surface area contributed by atoms with Crippen LogP contribution in [-0.4, -0.2) is 26.8 Å². The van der Waals surface area contributed by atoms with Crippen LogP contribution in [0.15, 0.2) is 18.2 Å². The lowest BCUT2D eigenvalue weighted by Gasteiger charge is -2.20. The third-order valence-electron chi connectivity index (χ3n) is 4.55. The van der Waals surface area contributed by atoms with E-state index in [0.717, 1.165) is 24.5 Å². The van der Waals surface area contributed by atoms with Crippen LogP contribution in [0.4, 0.5) is 0 Å². The molecule has 3 heteroatoms. The summed E-state index contributed by atoms with van der Waals surface area (Å²) in [5.74, 6) is 1.61. The predicted molar refractivity (Wildman–Crippen MR) is 87.3 cm³/mol. The average molecular weight is 291 g/mol. The van der Waals surface area contributed by atoms with Gasteiger partial charge in [0.15, 0.2) is 11.5 Å². The van der Waals surface area contributed by atoms with Crippen LogP contribution in [0.1, 0.15) is 45.1 Å². The predicted octanol–water partition coefficient (Wildman–Crippen LogP) is 3.80. The number of methoxy groups -OCH3 is 2. The van der Waals surface area contributed by atoms with Gasteiger partial charge < -0.3 is 14.8 Å². The van der Waals surface area contributed by atoms with Crippen LogP contribution >= 0.6 is 0 Å². The Morgan fingerprint density at radius 1 is 1.19 bits per heavy atom. The van der Waals surface area contributed by atoms with Crippen molar-refractivity contribution in [3.63, 3.8) is 0 Å². The molecular weight excluding hydrogens is 262 g/mol. The molecule has 3 nitrogen and oxygen atoms in total. The molecule has 1 aliphatic rings. The van der Waals surface area contributed by atoms with Gasteiger partial charge in [-0.25, -0.2) is 0 Å². The summed E-state index contributed by atoms with van der Waals surface area (Å²) in [5, 5.41) is 3.71. The van der Waals surface area contributed by atoms with Crippen molar-refractivity contribution in [2.45, 2.75) is 52.0 Å². The highest BCUT2D eigenvalue weighted by Gasteiger charge is 2.41. The normalized spacial score (nSPS) is 17.3. The molecule has 0 heterocycles. The van der Waals surface area contributed by atoms with Crippen molar-refractivity contribution in [2.24, 2.45) is 5.41 Å². The first kappa shape index (κ1) is 16.2. The van der Waals surface area contributed by atoms with E-state index >= 15 is 0 Å². The molecule has 0 amide bonds. The zero-order chi connectivity index (χ0) is 15.3. The van der Waals surface area contributed by atoms with Crippen LogP contribution in [0, 0.1) is 5.41 Å². The Bertz CT molecular complexity index is 455. The number of hydrogen-bond donors (Lipinski definition) is 1. The third-order valence-corrected chi connectivity index (χ3v) is 4.55. The van der Waals surface area contributed by atoms with Gasteiger partial charge in [0.25, 0.3) is 0 Å². The fourth-order valence-electron chi connectivity index (χ4n) is 3.05. The van der Waals surface area contributed by atoms with Gasteiger partial charge in [0.1, 0.15) is 0 Å². The van der Waals surface area contributed by atoms with E-state index in [1.165, 1.54) is 31.2 Å². The van der Waals surface area contributed by atoms with E-state index in [2.05, 4.69) is 31.3 Å². The number of rotatable bonds is 9. The second-order valence-corrected chi connectivity index (χ2v) is 6.43. The van der Waals surface area contributed by atoms with Crippen LogP contribution in [0.3, 0.4) is 0 Å². The van der Waals surface area contributed by atoms with Gasteiger partial charge in [0.2, 0.25) is 0 Å². The number of hydrogen-bond acceptors (Lipinski definition) is 3. The zero-order valence-electron chi connectivity index (χ0n) is 13.9. The summed E-state index contributed by atoms with van der Waals surface area (Å²) < 4.78 is 10.7. The molecule has 21 heavy (non-hydrogen) atoms. The van der Waals surface area contributed by atoms with Crippen LogP contribution in [0.2, 0.25) is 0 Å². The number of ether oxygens (including phenoxy) is 2. The third kappa shape index (κ3) is 4.37. The molecule has 1 aromatic carbocycles. The molecule has 2 rings (SSSR count). The summed E-state index contributed by atoms with van der Waals surface area (Å²) in [5.41, 5.74) is 1.90. The van der Waals surface area contributed by atoms with Gasteiger partial charge >= 0.3 is 0 Å². The van der Waals surface area contributed by atoms with Crippen LogP contribution in [0.25, 0.3) is 0 Å². The lowest BCUT2D eigenvalue weighted by atomic mass is 9.99. The molecule has 0 bridgehead atoms. The van der Waals surface area contributed by atoms with Crippen molar-refractivity contribution in [1.82, 2.24) is 5.32 Å². The van der Waals surface area contributed by atoms with E-state index in [9.17, 15) is 0 Å². The first-order valence-electron chi connectivity index (χ1n) is 8.07. The van der Waals surface area contributed by atoms with E-state index in [4.69, 9.17) is 9.47 Å². The number of nitrogens with one attached hydrogen (secondary N) is 1. The molecule has 1 saturated carbocycles. The summed E-state index contributed by atoms with van der Waals surface area (Å²) in [6.45, 7) is 5.71. The largest absolute Gasteiger partial charge is 0.493 e. The molecule has 1 unspecified atom stereocenters. The molecule has 1 atom stereocenters. The molecule has 0 spiro atoms. The summed E-state index contributed by atoms with van der Waals surface area (Å²) in [6, 6.07) is 6.67. The smallest absolute Gasteiger partial charge is 0.160 e. The van der Waals surface area contributed by atoms with E-state index in [-0.39, 0.29) is 0 Å². The van der Waals surface area contributed by atoms with E-state index < -0.39 is 0 Å². The second kappa shape index (κ2) is 7.17. The Balaban J connectivity index is 1.86. The Labute approximate surface area is 129 Å². The van der Waals surface area contributed by atoms with Crippen LogP contribution in [0.5, 0.6) is 11.5 Å². The molecule has 118 valence electrons. The molecule has 0 saturated heterocycles. The quantitative estimate of drug-likeness (QED) is 0.750. The summed E-state index contributed by atoms with van der Waals surface area (Å²) in [7, 11) is 3.36. The highest BCUT2D eigenvalue weighted by molar-refractivity contribution is 5.43. The molecule has 1 aliphatic carbocycles. The van der Waals surface area contributed by atoms with Gasteiger partial charge in [0, 0.05) is 12.6 Å². The Kier molecular flexibility index (Phi) is 5.51. The molecule has 1 N–H and O–H groups in total. The van der Waals surface area contributed by atoms with Crippen molar-refractivity contribution in [3.05, 3.63) is 23.8 Å². The van der Waals surface area contributed by atoms with E-state index in [1.807, 2.05) is 6.07 Å². The van der Waals surface area contributed by atoms with Gasteiger partial charge in [-0.05, 0) is 55.7 Å². The number of benzene rings is 1. The fraction of sp³-hybridized carbons (Fsp3) is 0.667. The van der Waals surface area contributed by atoms with E-state index in [0.29, 0.717) is 11.5 Å². The minimum absolute atomic E-state index is 0.484. The summed E-state index contributed by atoms with van der Waals surface area (Å²) in [6.07, 6.45) is 6.48. The minimum atomic E-state index is 0.484. The highest BCUT2D eigenvalue weighted by Crippen LogP contribution is 2.49. The molecule has 1 fully saturated rings. The fourth-order valence-corrected chi connectivity index (χ4v) is 3.05. The van der Waals surface area contributed by atoms with Gasteiger partial charge in [0.05, 0.1) is 14.2 Å². The maximum atomic E-state index is 5.37. The maximum absolute atomic E-state index is 5.37. The maximum Gasteiger partial charge on any atom is 0.160 e. The minimum Gasteiger partial charge on any atom is -0.493 e.